The van der Waals surface area contributed by atoms with Crippen LogP contribution in [0.15, 0.2) is 146 Å². The number of aryl methyl sites for hydroxylation is 2. The number of pyridine rings is 1. The molecule has 9 aromatic rings. The largest absolute Gasteiger partial charge is 0.509 e. The number of halogens is 2. The Morgan fingerprint density at radius 1 is 0.652 bits per heavy atom. The Balaban J connectivity index is 0.00000548. The van der Waals surface area contributed by atoms with Crippen molar-refractivity contribution in [1.29, 1.82) is 0 Å². The van der Waals surface area contributed by atoms with Crippen molar-refractivity contribution in [2.45, 2.75) is 66.2 Å². The van der Waals surface area contributed by atoms with E-state index in [9.17, 15) is 0 Å². The zero-order valence-electron chi connectivity index (χ0n) is 37.8. The van der Waals surface area contributed by atoms with Gasteiger partial charge >= 0.3 is 0 Å². The molecular formula is C58H49F2N4OPt-3. The topological polar surface area (TPSA) is 33.5 Å². The van der Waals surface area contributed by atoms with Crippen molar-refractivity contribution in [2.75, 3.05) is 9.80 Å². The van der Waals surface area contributed by atoms with Crippen LogP contribution >= 0.6 is 0 Å². The van der Waals surface area contributed by atoms with Gasteiger partial charge in [-0.15, -0.1) is 53.6 Å². The molecule has 0 fully saturated rings. The Morgan fingerprint density at radius 3 is 2.06 bits per heavy atom. The summed E-state index contributed by atoms with van der Waals surface area (Å²) in [5, 5.41) is 2.18. The normalized spacial score (nSPS) is 12.4. The molecule has 0 amide bonds. The molecule has 1 aliphatic rings. The maximum atomic E-state index is 15.3. The first-order valence-corrected chi connectivity index (χ1v) is 22.4. The van der Waals surface area contributed by atoms with E-state index in [1.165, 1.54) is 23.8 Å². The molecule has 1 aliphatic heterocycles. The van der Waals surface area contributed by atoms with E-state index >= 15 is 8.78 Å². The van der Waals surface area contributed by atoms with Gasteiger partial charge in [-0.05, 0) is 113 Å². The van der Waals surface area contributed by atoms with E-state index < -0.39 is 11.6 Å². The van der Waals surface area contributed by atoms with E-state index in [2.05, 4.69) is 160 Å². The number of ether oxygens (including phenoxy) is 1. The van der Waals surface area contributed by atoms with Crippen LogP contribution in [0.3, 0.4) is 0 Å². The number of para-hydroxylation sites is 3. The zero-order valence-corrected chi connectivity index (χ0v) is 40.0. The molecule has 0 spiro atoms. The Kier molecular flexibility index (Phi) is 12.4. The number of benzene rings is 7. The van der Waals surface area contributed by atoms with Crippen LogP contribution < -0.4 is 14.5 Å². The Bertz CT molecular complexity index is 3220. The van der Waals surface area contributed by atoms with Gasteiger partial charge in [0.05, 0.1) is 5.56 Å². The zero-order chi connectivity index (χ0) is 44.9. The molecule has 3 heterocycles. The van der Waals surface area contributed by atoms with Crippen molar-refractivity contribution in [3.8, 4) is 39.6 Å². The van der Waals surface area contributed by atoms with Gasteiger partial charge in [-0.3, -0.25) is 0 Å². The van der Waals surface area contributed by atoms with Gasteiger partial charge in [0.25, 0.3) is 0 Å². The van der Waals surface area contributed by atoms with E-state index in [1.54, 1.807) is 0 Å². The van der Waals surface area contributed by atoms with Crippen molar-refractivity contribution in [3.63, 3.8) is 0 Å². The summed E-state index contributed by atoms with van der Waals surface area (Å²) in [6, 6.07) is 52.9. The number of anilines is 4. The third-order valence-corrected chi connectivity index (χ3v) is 12.3. The van der Waals surface area contributed by atoms with Crippen molar-refractivity contribution >= 4 is 44.6 Å². The number of hydrogen-bond acceptors (Lipinski definition) is 4. The minimum Gasteiger partial charge on any atom is -0.509 e. The first-order chi connectivity index (χ1) is 31.6. The molecule has 0 bridgehead atoms. The van der Waals surface area contributed by atoms with Gasteiger partial charge in [0, 0.05) is 61.3 Å². The molecule has 0 N–H and O–H groups in total. The molecule has 0 saturated carbocycles. The average molecular weight is 1050 g/mol. The predicted molar refractivity (Wildman–Crippen MR) is 262 cm³/mol. The van der Waals surface area contributed by atoms with Crippen LogP contribution in [0.5, 0.6) is 11.5 Å². The minimum absolute atomic E-state index is 0. The number of rotatable bonds is 11. The SMILES string of the molecule is CCCc1ccnc(-n2c3[c-]c(Oc4[c-]c(N5[CH-]N(c6c(C(C)C)cc(-c7c(F)cccc7F)cc6C(C)C)c6ccccc65)cc(-c5cccc(C)c5)c4)ccc3c3ccccc32)c1.[Pt]. The molecule has 7 aromatic carbocycles. The Morgan fingerprint density at radius 2 is 1.35 bits per heavy atom. The second-order valence-electron chi connectivity index (χ2n) is 17.6. The standard InChI is InChI=1S/C58H49F2N4O.Pt/c1-7-14-39-25-26-61-56(28-39)64-52-20-9-8-17-46(52)47-24-23-44(34-55(47)64)65-45-30-41(40-16-12-15-38(6)27-40)29-43(33-45)62-35-63(54-22-11-10-21-53(54)62)58-48(36(2)3)31-42(32-49(58)37(4)5)57-50(59)18-13-19-51(57)60;/h8-13,15-32,35-37H,7,14H2,1-6H3;/q-3;. The second-order valence-corrected chi connectivity index (χ2v) is 17.6. The molecule has 66 heavy (non-hydrogen) atoms. The van der Waals surface area contributed by atoms with Gasteiger partial charge in [-0.1, -0.05) is 113 Å². The van der Waals surface area contributed by atoms with Crippen LogP contribution in [0.2, 0.25) is 0 Å². The van der Waals surface area contributed by atoms with Gasteiger partial charge in [-0.2, -0.15) is 6.07 Å². The predicted octanol–water partition coefficient (Wildman–Crippen LogP) is 16.1. The fourth-order valence-electron chi connectivity index (χ4n) is 9.26. The number of hydrogen-bond donors (Lipinski definition) is 0. The second kappa shape index (κ2) is 18.4. The van der Waals surface area contributed by atoms with E-state index in [0.717, 1.165) is 91.0 Å². The van der Waals surface area contributed by atoms with Crippen molar-refractivity contribution in [3.05, 3.63) is 198 Å². The summed E-state index contributed by atoms with van der Waals surface area (Å²) >= 11 is 0. The van der Waals surface area contributed by atoms with Gasteiger partial charge < -0.3 is 19.1 Å². The van der Waals surface area contributed by atoms with E-state index in [1.807, 2.05) is 42.6 Å². The molecule has 0 aliphatic carbocycles. The van der Waals surface area contributed by atoms with E-state index in [4.69, 9.17) is 9.72 Å². The summed E-state index contributed by atoms with van der Waals surface area (Å²) in [4.78, 5) is 9.21. The summed E-state index contributed by atoms with van der Waals surface area (Å²) in [5.41, 5.74) is 12.5. The summed E-state index contributed by atoms with van der Waals surface area (Å²) in [5.74, 6) is 0.834. The molecule has 0 atom stereocenters. The average Bonchev–Trinajstić information content (AvgIpc) is 3.85. The van der Waals surface area contributed by atoms with E-state index in [0.29, 0.717) is 17.1 Å². The molecule has 0 radical (unpaired) electrons. The molecule has 334 valence electrons. The third kappa shape index (κ3) is 8.19. The maximum absolute atomic E-state index is 15.3. The van der Waals surface area contributed by atoms with Gasteiger partial charge in [-0.25, -0.2) is 13.8 Å². The first kappa shape index (κ1) is 44.6. The number of aromatic nitrogens is 2. The van der Waals surface area contributed by atoms with Crippen LogP contribution in [-0.2, 0) is 27.5 Å². The summed E-state index contributed by atoms with van der Waals surface area (Å²) < 4.78 is 39.7. The number of fused-ring (bicyclic) bond motifs is 4. The third-order valence-electron chi connectivity index (χ3n) is 12.3. The molecule has 8 heteroatoms. The Hall–Kier alpha value is -6.56. The van der Waals surface area contributed by atoms with Crippen LogP contribution in [0.1, 0.15) is 75.1 Å². The van der Waals surface area contributed by atoms with E-state index in [-0.39, 0.29) is 38.5 Å². The first-order valence-electron chi connectivity index (χ1n) is 22.4. The fraction of sp³-hybridized carbons (Fsp3) is 0.172. The molecule has 5 nitrogen and oxygen atoms in total. The van der Waals surface area contributed by atoms with Crippen molar-refractivity contribution < 1.29 is 34.6 Å². The molecule has 2 aromatic heterocycles. The fourth-order valence-corrected chi connectivity index (χ4v) is 9.26. The minimum atomic E-state index is -0.581. The van der Waals surface area contributed by atoms with Crippen LogP contribution in [-0.4, -0.2) is 9.55 Å². The van der Waals surface area contributed by atoms with Crippen LogP contribution in [0.25, 0.3) is 49.9 Å². The van der Waals surface area contributed by atoms with Crippen LogP contribution in [0, 0.1) is 37.4 Å². The quantitative estimate of drug-likeness (QED) is 0.121. The molecule has 0 saturated heterocycles. The van der Waals surface area contributed by atoms with Crippen molar-refractivity contribution in [2.24, 2.45) is 0 Å². The smallest absolute Gasteiger partial charge is 0.135 e. The monoisotopic (exact) mass is 1050 g/mol. The molecule has 10 rings (SSSR count). The maximum Gasteiger partial charge on any atom is 0.135 e. The summed E-state index contributed by atoms with van der Waals surface area (Å²) in [6.45, 7) is 14.9. The molecular weight excluding hydrogens is 1000 g/mol. The Labute approximate surface area is 400 Å². The molecule has 0 unspecified atom stereocenters. The number of nitrogens with zero attached hydrogens (tertiary/aromatic N) is 4. The van der Waals surface area contributed by atoms with Gasteiger partial charge in [0.15, 0.2) is 0 Å². The van der Waals surface area contributed by atoms with Crippen molar-refractivity contribution in [1.82, 2.24) is 9.55 Å². The van der Waals surface area contributed by atoms with Gasteiger partial charge in [0.2, 0.25) is 0 Å². The van der Waals surface area contributed by atoms with Crippen LogP contribution in [0.4, 0.5) is 31.5 Å². The summed E-state index contributed by atoms with van der Waals surface area (Å²) in [6.07, 6.45) is 3.90. The summed E-state index contributed by atoms with van der Waals surface area (Å²) in [7, 11) is 0. The van der Waals surface area contributed by atoms with Gasteiger partial charge in [0.1, 0.15) is 17.5 Å².